The smallest absolute Gasteiger partial charge is 0.229 e. The third kappa shape index (κ3) is 3.84. The molecule has 3 rings (SSSR count). The second-order valence-electron chi connectivity index (χ2n) is 6.06. The number of halogens is 2. The van der Waals surface area contributed by atoms with Crippen LogP contribution in [0.3, 0.4) is 0 Å². The molecule has 1 heterocycles. The van der Waals surface area contributed by atoms with Crippen molar-refractivity contribution in [1.29, 1.82) is 0 Å². The zero-order valence-electron chi connectivity index (χ0n) is 14.8. The first-order valence-electron chi connectivity index (χ1n) is 8.21. The molecule has 0 saturated carbocycles. The van der Waals surface area contributed by atoms with Gasteiger partial charge in [-0.1, -0.05) is 0 Å². The molecule has 2 amide bonds. The van der Waals surface area contributed by atoms with Crippen molar-refractivity contribution in [1.82, 2.24) is 0 Å². The molecule has 1 unspecified atom stereocenters. The van der Waals surface area contributed by atoms with E-state index in [1.165, 1.54) is 20.3 Å². The summed E-state index contributed by atoms with van der Waals surface area (Å²) >= 11 is 0. The fraction of sp³-hybridized carbons (Fsp3) is 0.263. The second-order valence-corrected chi connectivity index (χ2v) is 6.06. The van der Waals surface area contributed by atoms with E-state index in [-0.39, 0.29) is 18.7 Å². The highest BCUT2D eigenvalue weighted by Crippen LogP contribution is 2.32. The Morgan fingerprint density at radius 1 is 1.15 bits per heavy atom. The van der Waals surface area contributed by atoms with Gasteiger partial charge in [-0.05, 0) is 24.3 Å². The highest BCUT2D eigenvalue weighted by Gasteiger charge is 2.36. The van der Waals surface area contributed by atoms with Crippen molar-refractivity contribution < 1.29 is 27.8 Å². The van der Waals surface area contributed by atoms with Crippen molar-refractivity contribution >= 4 is 23.2 Å². The Kier molecular flexibility index (Phi) is 5.25. The van der Waals surface area contributed by atoms with E-state index in [9.17, 15) is 18.4 Å². The van der Waals surface area contributed by atoms with Crippen molar-refractivity contribution in [3.8, 4) is 11.5 Å². The van der Waals surface area contributed by atoms with Gasteiger partial charge in [0.2, 0.25) is 11.8 Å². The molecule has 2 aromatic rings. The number of rotatable bonds is 5. The zero-order valence-corrected chi connectivity index (χ0v) is 14.8. The standard InChI is InChI=1S/C19H18F2N2O4/c1-26-13-4-5-15(17(9-13)27-2)22-19(25)11-7-18(24)23(10-11)16-6-3-12(20)8-14(16)21/h3-6,8-9,11H,7,10H2,1-2H3,(H,22,25). The van der Waals surface area contributed by atoms with Crippen LogP contribution in [0.2, 0.25) is 0 Å². The molecule has 1 aliphatic heterocycles. The van der Waals surface area contributed by atoms with Crippen molar-refractivity contribution in [3.05, 3.63) is 48.0 Å². The summed E-state index contributed by atoms with van der Waals surface area (Å²) in [5.41, 5.74) is 0.390. The molecule has 0 aliphatic carbocycles. The lowest BCUT2D eigenvalue weighted by Gasteiger charge is -2.18. The first kappa shape index (κ1) is 18.6. The average Bonchev–Trinajstić information content (AvgIpc) is 3.03. The number of anilines is 2. The first-order chi connectivity index (χ1) is 12.9. The zero-order chi connectivity index (χ0) is 19.6. The average molecular weight is 376 g/mol. The van der Waals surface area contributed by atoms with Gasteiger partial charge >= 0.3 is 0 Å². The molecule has 1 fully saturated rings. The van der Waals surface area contributed by atoms with E-state index in [1.807, 2.05) is 0 Å². The van der Waals surface area contributed by atoms with E-state index in [1.54, 1.807) is 18.2 Å². The predicted octanol–water partition coefficient (Wildman–Crippen LogP) is 2.97. The Balaban J connectivity index is 1.74. The minimum atomic E-state index is -0.846. The number of carbonyl (C=O) groups excluding carboxylic acids is 2. The van der Waals surface area contributed by atoms with Crippen LogP contribution >= 0.6 is 0 Å². The Labute approximate surface area is 154 Å². The summed E-state index contributed by atoms with van der Waals surface area (Å²) in [7, 11) is 2.98. The molecular weight excluding hydrogens is 358 g/mol. The molecular formula is C19H18F2N2O4. The fourth-order valence-corrected chi connectivity index (χ4v) is 2.95. The highest BCUT2D eigenvalue weighted by molar-refractivity contribution is 6.04. The maximum atomic E-state index is 14.0. The lowest BCUT2D eigenvalue weighted by Crippen LogP contribution is -2.28. The van der Waals surface area contributed by atoms with Crippen LogP contribution in [0, 0.1) is 17.6 Å². The molecule has 0 spiro atoms. The quantitative estimate of drug-likeness (QED) is 0.871. The molecule has 1 atom stereocenters. The van der Waals surface area contributed by atoms with Crippen LogP contribution in [0.15, 0.2) is 36.4 Å². The van der Waals surface area contributed by atoms with Crippen LogP contribution in [0.5, 0.6) is 11.5 Å². The van der Waals surface area contributed by atoms with E-state index in [4.69, 9.17) is 9.47 Å². The molecule has 2 aromatic carbocycles. The number of nitrogens with one attached hydrogen (secondary N) is 1. The van der Waals surface area contributed by atoms with E-state index >= 15 is 0 Å². The number of ether oxygens (including phenoxy) is 2. The SMILES string of the molecule is COc1ccc(NC(=O)C2CC(=O)N(c3ccc(F)cc3F)C2)c(OC)c1. The van der Waals surface area contributed by atoms with Gasteiger partial charge in [-0.3, -0.25) is 9.59 Å². The van der Waals surface area contributed by atoms with Crippen LogP contribution < -0.4 is 19.7 Å². The van der Waals surface area contributed by atoms with Crippen molar-refractivity contribution in [2.45, 2.75) is 6.42 Å². The first-order valence-corrected chi connectivity index (χ1v) is 8.21. The lowest BCUT2D eigenvalue weighted by molar-refractivity contribution is -0.122. The van der Waals surface area contributed by atoms with Gasteiger partial charge < -0.3 is 19.7 Å². The van der Waals surface area contributed by atoms with Crippen LogP contribution in [-0.4, -0.2) is 32.6 Å². The molecule has 8 heteroatoms. The second kappa shape index (κ2) is 7.61. The Morgan fingerprint density at radius 2 is 1.93 bits per heavy atom. The van der Waals surface area contributed by atoms with Crippen molar-refractivity contribution in [3.63, 3.8) is 0 Å². The van der Waals surface area contributed by atoms with Crippen LogP contribution in [-0.2, 0) is 9.59 Å². The molecule has 0 radical (unpaired) electrons. The summed E-state index contributed by atoms with van der Waals surface area (Å²) < 4.78 is 37.4. The van der Waals surface area contributed by atoms with Crippen LogP contribution in [0.4, 0.5) is 20.2 Å². The Bertz CT molecular complexity index is 888. The van der Waals surface area contributed by atoms with Gasteiger partial charge in [0, 0.05) is 25.1 Å². The van der Waals surface area contributed by atoms with Gasteiger partial charge in [0.1, 0.15) is 23.1 Å². The summed E-state index contributed by atoms with van der Waals surface area (Å²) in [6.45, 7) is 0.00564. The van der Waals surface area contributed by atoms with E-state index in [0.29, 0.717) is 23.3 Å². The summed E-state index contributed by atoms with van der Waals surface area (Å²) in [6, 6.07) is 7.88. The van der Waals surface area contributed by atoms with Gasteiger partial charge in [0.25, 0.3) is 0 Å². The number of nitrogens with zero attached hydrogens (tertiary/aromatic N) is 1. The van der Waals surface area contributed by atoms with Gasteiger partial charge in [-0.25, -0.2) is 8.78 Å². The topological polar surface area (TPSA) is 67.9 Å². The number of benzene rings is 2. The maximum absolute atomic E-state index is 14.0. The number of methoxy groups -OCH3 is 2. The molecule has 0 bridgehead atoms. The van der Waals surface area contributed by atoms with Gasteiger partial charge in [-0.2, -0.15) is 0 Å². The minimum Gasteiger partial charge on any atom is -0.497 e. The third-order valence-electron chi connectivity index (χ3n) is 4.36. The molecule has 1 saturated heterocycles. The summed E-state index contributed by atoms with van der Waals surface area (Å²) in [5, 5.41) is 2.72. The third-order valence-corrected chi connectivity index (χ3v) is 4.36. The van der Waals surface area contributed by atoms with E-state index in [0.717, 1.165) is 11.0 Å². The molecule has 6 nitrogen and oxygen atoms in total. The number of hydrogen-bond donors (Lipinski definition) is 1. The molecule has 27 heavy (non-hydrogen) atoms. The Hall–Kier alpha value is -3.16. The molecule has 0 aromatic heterocycles. The lowest BCUT2D eigenvalue weighted by atomic mass is 10.1. The number of hydrogen-bond acceptors (Lipinski definition) is 4. The van der Waals surface area contributed by atoms with Gasteiger partial charge in [0.05, 0.1) is 31.5 Å². The normalized spacial score (nSPS) is 16.4. The van der Waals surface area contributed by atoms with Crippen molar-refractivity contribution in [2.75, 3.05) is 31.0 Å². The molecule has 142 valence electrons. The minimum absolute atomic E-state index is 0.00564. The van der Waals surface area contributed by atoms with Gasteiger partial charge in [0.15, 0.2) is 0 Å². The van der Waals surface area contributed by atoms with Crippen LogP contribution in [0.25, 0.3) is 0 Å². The number of amides is 2. The van der Waals surface area contributed by atoms with E-state index < -0.39 is 29.4 Å². The molecule has 1 aliphatic rings. The predicted molar refractivity (Wildman–Crippen MR) is 95.0 cm³/mol. The van der Waals surface area contributed by atoms with Crippen LogP contribution in [0.1, 0.15) is 6.42 Å². The summed E-state index contributed by atoms with van der Waals surface area (Å²) in [5.74, 6) is -2.06. The number of carbonyl (C=O) groups is 2. The fourth-order valence-electron chi connectivity index (χ4n) is 2.95. The summed E-state index contributed by atoms with van der Waals surface area (Å²) in [4.78, 5) is 26.0. The van der Waals surface area contributed by atoms with Gasteiger partial charge in [-0.15, -0.1) is 0 Å². The largest absolute Gasteiger partial charge is 0.497 e. The highest BCUT2D eigenvalue weighted by atomic mass is 19.1. The van der Waals surface area contributed by atoms with Crippen molar-refractivity contribution in [2.24, 2.45) is 5.92 Å². The molecule has 1 N–H and O–H groups in total. The monoisotopic (exact) mass is 376 g/mol. The maximum Gasteiger partial charge on any atom is 0.229 e. The summed E-state index contributed by atoms with van der Waals surface area (Å²) in [6.07, 6.45) is -0.0683. The van der Waals surface area contributed by atoms with E-state index in [2.05, 4.69) is 5.32 Å². The Morgan fingerprint density at radius 3 is 2.59 bits per heavy atom.